The number of hydrogen-bond acceptors (Lipinski definition) is 5. The smallest absolute Gasteiger partial charge is 0.306 e. The van der Waals surface area contributed by atoms with Crippen LogP contribution in [0.2, 0.25) is 5.02 Å². The molecule has 0 bridgehead atoms. The summed E-state index contributed by atoms with van der Waals surface area (Å²) in [6.45, 7) is 0. The minimum atomic E-state index is -4.10. The minimum Gasteiger partial charge on any atom is -0.306 e. The van der Waals surface area contributed by atoms with Gasteiger partial charge in [-0.3, -0.25) is 25.2 Å². The van der Waals surface area contributed by atoms with E-state index in [9.17, 15) is 22.8 Å². The zero-order valence-electron chi connectivity index (χ0n) is 16.7. The van der Waals surface area contributed by atoms with Crippen molar-refractivity contribution < 1.29 is 18.0 Å². The van der Waals surface area contributed by atoms with Crippen LogP contribution in [0.25, 0.3) is 11.0 Å². The molecule has 2 amide bonds. The van der Waals surface area contributed by atoms with Gasteiger partial charge in [0.1, 0.15) is 0 Å². The molecular formula is C21H16ClN5O5S. The second-order valence-electron chi connectivity index (χ2n) is 6.83. The molecule has 0 atom stereocenters. The summed E-state index contributed by atoms with van der Waals surface area (Å²) in [6, 6.07) is 16.2. The van der Waals surface area contributed by atoms with Crippen LogP contribution < -0.4 is 21.3 Å². The van der Waals surface area contributed by atoms with Crippen molar-refractivity contribution in [1.82, 2.24) is 20.8 Å². The van der Waals surface area contributed by atoms with E-state index in [0.29, 0.717) is 11.0 Å². The molecule has 3 aromatic carbocycles. The molecule has 33 heavy (non-hydrogen) atoms. The first-order chi connectivity index (χ1) is 15.7. The molecule has 0 unspecified atom stereocenters. The Balaban J connectivity index is 1.53. The molecule has 10 nitrogen and oxygen atoms in total. The highest BCUT2D eigenvalue weighted by Crippen LogP contribution is 2.22. The van der Waals surface area contributed by atoms with Crippen LogP contribution in [0, 0.1) is 0 Å². The first-order valence-electron chi connectivity index (χ1n) is 9.44. The summed E-state index contributed by atoms with van der Waals surface area (Å²) >= 11 is 5.97. The molecule has 5 N–H and O–H groups in total. The lowest BCUT2D eigenvalue weighted by Crippen LogP contribution is -2.42. The Bertz CT molecular complexity index is 1540. The number of fused-ring (bicyclic) bond motifs is 1. The second-order valence-corrected chi connectivity index (χ2v) is 8.92. The van der Waals surface area contributed by atoms with Gasteiger partial charge >= 0.3 is 5.69 Å². The monoisotopic (exact) mass is 485 g/mol. The van der Waals surface area contributed by atoms with Gasteiger partial charge in [0.2, 0.25) is 0 Å². The zero-order valence-corrected chi connectivity index (χ0v) is 18.3. The summed E-state index contributed by atoms with van der Waals surface area (Å²) in [5.74, 6) is -1.39. The number of hydrogen-bond donors (Lipinski definition) is 5. The van der Waals surface area contributed by atoms with Crippen LogP contribution >= 0.6 is 11.6 Å². The number of carbonyl (C=O) groups excluding carboxylic acids is 2. The number of sulfonamides is 1. The highest BCUT2D eigenvalue weighted by atomic mass is 35.5. The fourth-order valence-corrected chi connectivity index (χ4v) is 4.37. The normalized spacial score (nSPS) is 11.2. The molecule has 0 radical (unpaired) electrons. The van der Waals surface area contributed by atoms with Gasteiger partial charge in [0.25, 0.3) is 21.8 Å². The predicted octanol–water partition coefficient (Wildman–Crippen LogP) is 2.39. The SMILES string of the molecule is O=C(NNC(=O)c1ccccc1NS(=O)(=O)c1ccc2[nH]c(=O)[nH]c2c1)c1ccccc1Cl. The first kappa shape index (κ1) is 22.1. The molecule has 0 fully saturated rings. The van der Waals surface area contributed by atoms with Crippen molar-refractivity contribution in [1.29, 1.82) is 0 Å². The standard InChI is InChI=1S/C21H16ClN5O5S/c22-15-7-3-1-5-13(15)19(28)25-26-20(29)14-6-2-4-8-16(14)27-33(31,32)12-9-10-17-18(11-12)24-21(30)23-17/h1-11,27H,(H,25,28)(H,26,29)(H2,23,24,30). The van der Waals surface area contributed by atoms with E-state index in [1.165, 1.54) is 42.5 Å². The number of nitrogens with one attached hydrogen (secondary N) is 5. The Morgan fingerprint density at radius 2 is 1.39 bits per heavy atom. The molecule has 0 aliphatic rings. The number of rotatable bonds is 5. The number of hydrazine groups is 1. The van der Waals surface area contributed by atoms with Gasteiger partial charge in [-0.25, -0.2) is 13.2 Å². The van der Waals surface area contributed by atoms with Crippen molar-refractivity contribution in [3.8, 4) is 0 Å². The molecule has 0 saturated carbocycles. The van der Waals surface area contributed by atoms with E-state index in [1.54, 1.807) is 24.3 Å². The topological polar surface area (TPSA) is 153 Å². The summed E-state index contributed by atoms with van der Waals surface area (Å²) in [4.78, 5) is 41.2. The Labute approximate surface area is 192 Å². The van der Waals surface area contributed by atoms with E-state index >= 15 is 0 Å². The number of imidazole rings is 1. The van der Waals surface area contributed by atoms with Crippen molar-refractivity contribution in [2.24, 2.45) is 0 Å². The third-order valence-electron chi connectivity index (χ3n) is 4.62. The van der Waals surface area contributed by atoms with Crippen LogP contribution in [-0.4, -0.2) is 30.2 Å². The number of aromatic nitrogens is 2. The van der Waals surface area contributed by atoms with Gasteiger partial charge in [-0.1, -0.05) is 35.9 Å². The van der Waals surface area contributed by atoms with E-state index in [2.05, 4.69) is 25.5 Å². The summed E-state index contributed by atoms with van der Waals surface area (Å²) < 4.78 is 28.1. The van der Waals surface area contributed by atoms with Crippen LogP contribution in [0.4, 0.5) is 5.69 Å². The number of para-hydroxylation sites is 1. The number of amides is 2. The summed E-state index contributed by atoms with van der Waals surface area (Å²) in [7, 11) is -4.10. The fraction of sp³-hybridized carbons (Fsp3) is 0. The Morgan fingerprint density at radius 1 is 0.788 bits per heavy atom. The van der Waals surface area contributed by atoms with Crippen molar-refractivity contribution in [3.63, 3.8) is 0 Å². The molecule has 1 aromatic heterocycles. The number of halogens is 1. The predicted molar refractivity (Wildman–Crippen MR) is 123 cm³/mol. The second kappa shape index (κ2) is 8.81. The molecule has 1 heterocycles. The quantitative estimate of drug-likeness (QED) is 0.275. The third kappa shape index (κ3) is 4.73. The molecule has 4 rings (SSSR count). The van der Waals surface area contributed by atoms with Gasteiger partial charge in [-0.15, -0.1) is 0 Å². The maximum Gasteiger partial charge on any atom is 0.323 e. The van der Waals surface area contributed by atoms with E-state index < -0.39 is 27.5 Å². The van der Waals surface area contributed by atoms with Gasteiger partial charge in [0.05, 0.1) is 37.8 Å². The highest BCUT2D eigenvalue weighted by Gasteiger charge is 2.20. The zero-order chi connectivity index (χ0) is 23.6. The van der Waals surface area contributed by atoms with Crippen molar-refractivity contribution in [2.45, 2.75) is 4.90 Å². The average Bonchev–Trinajstić information content (AvgIpc) is 3.17. The third-order valence-corrected chi connectivity index (χ3v) is 6.31. The average molecular weight is 486 g/mol. The lowest BCUT2D eigenvalue weighted by Gasteiger charge is -2.13. The number of aromatic amines is 2. The van der Waals surface area contributed by atoms with E-state index in [0.717, 1.165) is 0 Å². The maximum atomic E-state index is 12.9. The van der Waals surface area contributed by atoms with Crippen LogP contribution in [0.1, 0.15) is 20.7 Å². The van der Waals surface area contributed by atoms with Crippen molar-refractivity contribution in [2.75, 3.05) is 4.72 Å². The van der Waals surface area contributed by atoms with E-state index in [4.69, 9.17) is 11.6 Å². The fourth-order valence-electron chi connectivity index (χ4n) is 3.05. The van der Waals surface area contributed by atoms with Gasteiger partial charge in [0, 0.05) is 0 Å². The Morgan fingerprint density at radius 3 is 2.12 bits per heavy atom. The highest BCUT2D eigenvalue weighted by molar-refractivity contribution is 7.92. The molecule has 168 valence electrons. The maximum absolute atomic E-state index is 12.9. The Hall–Kier alpha value is -4.09. The molecule has 0 aliphatic carbocycles. The summed E-state index contributed by atoms with van der Waals surface area (Å²) in [5, 5.41) is 0.207. The van der Waals surface area contributed by atoms with Crippen LogP contribution in [0.5, 0.6) is 0 Å². The van der Waals surface area contributed by atoms with Crippen molar-refractivity contribution >= 4 is 50.2 Å². The minimum absolute atomic E-state index is 0.00958. The summed E-state index contributed by atoms with van der Waals surface area (Å²) in [6.07, 6.45) is 0. The Kier molecular flexibility index (Phi) is 5.90. The largest absolute Gasteiger partial charge is 0.323 e. The molecule has 0 spiro atoms. The van der Waals surface area contributed by atoms with Gasteiger partial charge in [-0.05, 0) is 42.5 Å². The lowest BCUT2D eigenvalue weighted by molar-refractivity contribution is 0.0847. The number of H-pyrrole nitrogens is 2. The number of carbonyl (C=O) groups is 2. The lowest BCUT2D eigenvalue weighted by atomic mass is 10.2. The van der Waals surface area contributed by atoms with Crippen LogP contribution in [0.3, 0.4) is 0 Å². The van der Waals surface area contributed by atoms with Crippen molar-refractivity contribution in [3.05, 3.63) is 93.4 Å². The number of anilines is 1. The molecule has 0 saturated heterocycles. The van der Waals surface area contributed by atoms with E-state index in [-0.39, 0.29) is 26.7 Å². The molecule has 12 heteroatoms. The molecular weight excluding hydrogens is 470 g/mol. The molecule has 0 aliphatic heterocycles. The number of benzene rings is 3. The van der Waals surface area contributed by atoms with E-state index in [1.807, 2.05) is 0 Å². The van der Waals surface area contributed by atoms with Gasteiger partial charge < -0.3 is 9.97 Å². The first-order valence-corrected chi connectivity index (χ1v) is 11.3. The van der Waals surface area contributed by atoms with Crippen LogP contribution in [-0.2, 0) is 10.0 Å². The van der Waals surface area contributed by atoms with Gasteiger partial charge in [0.15, 0.2) is 0 Å². The van der Waals surface area contributed by atoms with Gasteiger partial charge in [-0.2, -0.15) is 0 Å². The molecule has 4 aromatic rings. The van der Waals surface area contributed by atoms with Crippen LogP contribution in [0.15, 0.2) is 76.4 Å². The summed E-state index contributed by atoms with van der Waals surface area (Å²) in [5.41, 5.74) is 4.91.